The number of carbonyl (C=O) groups excluding carboxylic acids is 1. The van der Waals surface area contributed by atoms with Crippen LogP contribution in [0.2, 0.25) is 0 Å². The summed E-state index contributed by atoms with van der Waals surface area (Å²) in [5.41, 5.74) is 3.61. The molecule has 1 unspecified atom stereocenters. The van der Waals surface area contributed by atoms with E-state index in [1.54, 1.807) is 12.3 Å². The predicted octanol–water partition coefficient (Wildman–Crippen LogP) is 4.45. The number of carbonyl (C=O) groups is 1. The second-order valence-corrected chi connectivity index (χ2v) is 5.42. The van der Waals surface area contributed by atoms with Crippen LogP contribution in [0.15, 0.2) is 53.1 Å². The maximum Gasteiger partial charge on any atom is 0.170 e. The highest BCUT2D eigenvalue weighted by molar-refractivity contribution is 6.05. The van der Waals surface area contributed by atoms with Crippen LogP contribution in [0.1, 0.15) is 34.0 Å². The molecule has 104 valence electrons. The van der Waals surface area contributed by atoms with Crippen LogP contribution >= 0.6 is 0 Å². The van der Waals surface area contributed by atoms with Gasteiger partial charge in [0.05, 0.1) is 23.6 Å². The van der Waals surface area contributed by atoms with Crippen LogP contribution in [0.3, 0.4) is 0 Å². The molecule has 1 aliphatic heterocycles. The molecule has 0 saturated heterocycles. The summed E-state index contributed by atoms with van der Waals surface area (Å²) in [5.74, 6) is 0.757. The van der Waals surface area contributed by atoms with Crippen LogP contribution < -0.4 is 4.74 Å². The van der Waals surface area contributed by atoms with Gasteiger partial charge in [0.15, 0.2) is 5.78 Å². The van der Waals surface area contributed by atoms with E-state index < -0.39 is 0 Å². The lowest BCUT2D eigenvalue weighted by Crippen LogP contribution is -2.20. The largest absolute Gasteiger partial charge is 0.484 e. The van der Waals surface area contributed by atoms with Gasteiger partial charge in [-0.3, -0.25) is 4.79 Å². The molecule has 0 radical (unpaired) electrons. The highest BCUT2D eigenvalue weighted by atomic mass is 16.5. The summed E-state index contributed by atoms with van der Waals surface area (Å²) >= 11 is 0. The lowest BCUT2D eigenvalue weighted by Gasteiger charge is -2.26. The lowest BCUT2D eigenvalue weighted by molar-refractivity contribution is 0.0853. The van der Waals surface area contributed by atoms with Crippen LogP contribution in [0.5, 0.6) is 5.75 Å². The minimum absolute atomic E-state index is 0.116. The molecular weight excluding hydrogens is 264 g/mol. The molecule has 21 heavy (non-hydrogen) atoms. The van der Waals surface area contributed by atoms with Crippen molar-refractivity contribution < 1.29 is 13.9 Å². The Morgan fingerprint density at radius 3 is 2.67 bits per heavy atom. The Balaban J connectivity index is 1.81. The molecule has 1 aromatic heterocycles. The third-order valence-corrected chi connectivity index (χ3v) is 3.97. The van der Waals surface area contributed by atoms with E-state index in [4.69, 9.17) is 9.15 Å². The Labute approximate surface area is 122 Å². The van der Waals surface area contributed by atoms with Crippen LogP contribution in [-0.2, 0) is 0 Å². The first-order chi connectivity index (χ1) is 10.2. The minimum atomic E-state index is -0.230. The molecule has 0 fully saturated rings. The van der Waals surface area contributed by atoms with E-state index in [1.807, 2.05) is 43.3 Å². The number of ketones is 1. The number of aryl methyl sites for hydroxylation is 1. The van der Waals surface area contributed by atoms with E-state index in [0.29, 0.717) is 17.7 Å². The van der Waals surface area contributed by atoms with E-state index in [9.17, 15) is 4.79 Å². The summed E-state index contributed by atoms with van der Waals surface area (Å²) < 4.78 is 11.5. The maximum absolute atomic E-state index is 12.4. The summed E-state index contributed by atoms with van der Waals surface area (Å²) in [5, 5.41) is 0.859. The highest BCUT2D eigenvalue weighted by Crippen LogP contribution is 2.40. The van der Waals surface area contributed by atoms with Gasteiger partial charge in [0.1, 0.15) is 17.4 Å². The molecule has 0 bridgehead atoms. The summed E-state index contributed by atoms with van der Waals surface area (Å²) in [6.45, 7) is 2.04. The molecule has 0 saturated carbocycles. The summed E-state index contributed by atoms with van der Waals surface area (Å²) in [6.07, 6.45) is 1.76. The Hall–Kier alpha value is -2.55. The Morgan fingerprint density at radius 1 is 1.05 bits per heavy atom. The first kappa shape index (κ1) is 12.2. The van der Waals surface area contributed by atoms with Gasteiger partial charge >= 0.3 is 0 Å². The third kappa shape index (κ3) is 1.93. The second kappa shape index (κ2) is 4.48. The van der Waals surface area contributed by atoms with E-state index in [2.05, 4.69) is 0 Å². The minimum Gasteiger partial charge on any atom is -0.484 e. The van der Waals surface area contributed by atoms with Crippen molar-refractivity contribution in [2.45, 2.75) is 19.4 Å². The fraction of sp³-hybridized carbons (Fsp3) is 0.167. The summed E-state index contributed by atoms with van der Waals surface area (Å²) in [7, 11) is 0. The topological polar surface area (TPSA) is 39.4 Å². The summed E-state index contributed by atoms with van der Waals surface area (Å²) in [4.78, 5) is 12.4. The number of hydrogen-bond acceptors (Lipinski definition) is 3. The zero-order chi connectivity index (χ0) is 14.4. The summed E-state index contributed by atoms with van der Waals surface area (Å²) in [6, 6.07) is 13.6. The average molecular weight is 278 g/mol. The Morgan fingerprint density at radius 2 is 1.86 bits per heavy atom. The fourth-order valence-electron chi connectivity index (χ4n) is 2.79. The maximum atomic E-state index is 12.4. The van der Waals surface area contributed by atoms with Crippen molar-refractivity contribution in [3.8, 4) is 5.75 Å². The molecular formula is C18H14O3. The van der Waals surface area contributed by atoms with Crippen LogP contribution in [-0.4, -0.2) is 5.78 Å². The fourth-order valence-corrected chi connectivity index (χ4v) is 2.79. The van der Waals surface area contributed by atoms with Crippen LogP contribution in [0.4, 0.5) is 0 Å². The molecule has 3 heteroatoms. The van der Waals surface area contributed by atoms with Crippen molar-refractivity contribution in [2.24, 2.45) is 0 Å². The number of hydrogen-bond donors (Lipinski definition) is 0. The number of benzene rings is 2. The van der Waals surface area contributed by atoms with Crippen molar-refractivity contribution in [1.82, 2.24) is 0 Å². The molecule has 1 aliphatic rings. The van der Waals surface area contributed by atoms with Gasteiger partial charge in [0.2, 0.25) is 0 Å². The molecule has 3 aromatic rings. The number of Topliss-reactive ketones (excluding diaryl/α,β-unsaturated/α-hetero) is 1. The first-order valence-corrected chi connectivity index (χ1v) is 6.99. The molecule has 0 aliphatic carbocycles. The van der Waals surface area contributed by atoms with Crippen LogP contribution in [0.25, 0.3) is 11.0 Å². The van der Waals surface area contributed by atoms with Gasteiger partial charge < -0.3 is 9.15 Å². The molecule has 1 atom stereocenters. The normalized spacial score (nSPS) is 17.6. The van der Waals surface area contributed by atoms with Gasteiger partial charge in [0, 0.05) is 0 Å². The van der Waals surface area contributed by atoms with Gasteiger partial charge in [-0.15, -0.1) is 0 Å². The molecule has 2 heterocycles. The highest BCUT2D eigenvalue weighted by Gasteiger charge is 2.29. The quantitative estimate of drug-likeness (QED) is 0.660. The van der Waals surface area contributed by atoms with Gasteiger partial charge in [-0.1, -0.05) is 29.8 Å². The number of rotatable bonds is 1. The monoisotopic (exact) mass is 278 g/mol. The van der Waals surface area contributed by atoms with E-state index in [-0.39, 0.29) is 11.9 Å². The molecule has 4 rings (SSSR count). The average Bonchev–Trinajstić information content (AvgIpc) is 2.96. The van der Waals surface area contributed by atoms with Crippen molar-refractivity contribution in [1.29, 1.82) is 0 Å². The number of furan rings is 1. The van der Waals surface area contributed by atoms with E-state index >= 15 is 0 Å². The SMILES string of the molecule is Cc1ccc(C2CC(=O)c3ccc4occc4c3O2)cc1. The Bertz CT molecular complexity index is 827. The number of fused-ring (bicyclic) bond motifs is 3. The van der Waals surface area contributed by atoms with Crippen LogP contribution in [0, 0.1) is 6.92 Å². The van der Waals surface area contributed by atoms with Gasteiger partial charge in [-0.05, 0) is 30.7 Å². The van der Waals surface area contributed by atoms with Crippen molar-refractivity contribution in [2.75, 3.05) is 0 Å². The van der Waals surface area contributed by atoms with Crippen molar-refractivity contribution in [3.05, 3.63) is 65.4 Å². The van der Waals surface area contributed by atoms with Crippen molar-refractivity contribution in [3.63, 3.8) is 0 Å². The van der Waals surface area contributed by atoms with Gasteiger partial charge in [-0.25, -0.2) is 0 Å². The lowest BCUT2D eigenvalue weighted by atomic mass is 9.95. The molecule has 2 aromatic carbocycles. The van der Waals surface area contributed by atoms with Gasteiger partial charge in [-0.2, -0.15) is 0 Å². The zero-order valence-corrected chi connectivity index (χ0v) is 11.6. The zero-order valence-electron chi connectivity index (χ0n) is 11.6. The predicted molar refractivity (Wildman–Crippen MR) is 79.7 cm³/mol. The Kier molecular flexibility index (Phi) is 2.61. The van der Waals surface area contributed by atoms with E-state index in [0.717, 1.165) is 16.5 Å². The first-order valence-electron chi connectivity index (χ1n) is 6.99. The molecule has 0 spiro atoms. The van der Waals surface area contributed by atoms with Gasteiger partial charge in [0.25, 0.3) is 0 Å². The standard InChI is InChI=1S/C18H14O3/c1-11-2-4-12(5-3-11)17-10-15(19)13-6-7-16-14(8-9-20-16)18(13)21-17/h2-9,17H,10H2,1H3. The smallest absolute Gasteiger partial charge is 0.170 e. The molecule has 0 N–H and O–H groups in total. The number of ether oxygens (including phenoxy) is 1. The van der Waals surface area contributed by atoms with Crippen molar-refractivity contribution >= 4 is 16.8 Å². The molecule has 0 amide bonds. The third-order valence-electron chi connectivity index (χ3n) is 3.97. The second-order valence-electron chi connectivity index (χ2n) is 5.42. The van der Waals surface area contributed by atoms with E-state index in [1.165, 1.54) is 5.56 Å². The molecule has 3 nitrogen and oxygen atoms in total.